The van der Waals surface area contributed by atoms with Gasteiger partial charge < -0.3 is 25.2 Å². The number of ether oxygens (including phenoxy) is 2. The van der Waals surface area contributed by atoms with Gasteiger partial charge in [-0.25, -0.2) is 0 Å². The number of nitrogens with two attached hydrogens (primary N) is 1. The molecule has 0 aliphatic rings. The van der Waals surface area contributed by atoms with Gasteiger partial charge in [0, 0.05) is 25.2 Å². The number of methoxy groups -OCH3 is 1. The Morgan fingerprint density at radius 1 is 1.23 bits per heavy atom. The van der Waals surface area contributed by atoms with Crippen molar-refractivity contribution >= 4 is 5.84 Å². The Morgan fingerprint density at radius 2 is 1.90 bits per heavy atom. The molecule has 1 aromatic rings. The van der Waals surface area contributed by atoms with Crippen molar-refractivity contribution in [2.24, 2.45) is 5.73 Å². The fourth-order valence-electron chi connectivity index (χ4n) is 2.94. The number of benzene rings is 1. The van der Waals surface area contributed by atoms with Crippen LogP contribution in [0.15, 0.2) is 71.4 Å². The summed E-state index contributed by atoms with van der Waals surface area (Å²) >= 11 is 0. The Labute approximate surface area is 180 Å². The first-order chi connectivity index (χ1) is 14.4. The van der Waals surface area contributed by atoms with Crippen LogP contribution in [0.3, 0.4) is 0 Å². The van der Waals surface area contributed by atoms with E-state index in [1.54, 1.807) is 7.11 Å². The van der Waals surface area contributed by atoms with Crippen molar-refractivity contribution < 1.29 is 14.6 Å². The minimum atomic E-state index is 0.128. The molecule has 4 N–H and O–H groups in total. The van der Waals surface area contributed by atoms with E-state index >= 15 is 0 Å². The molecule has 0 heterocycles. The van der Waals surface area contributed by atoms with Crippen LogP contribution in [0.1, 0.15) is 33.3 Å². The van der Waals surface area contributed by atoms with Gasteiger partial charge in [-0.1, -0.05) is 30.4 Å². The fraction of sp³-hybridized carbons (Fsp3) is 0.375. The van der Waals surface area contributed by atoms with Gasteiger partial charge >= 0.3 is 0 Å². The molecular formula is C24H35N3O3. The maximum absolute atomic E-state index is 9.65. The first-order valence-corrected chi connectivity index (χ1v) is 10.1. The van der Waals surface area contributed by atoms with Crippen LogP contribution in [0.25, 0.3) is 0 Å². The molecule has 0 aromatic heterocycles. The Hall–Kier alpha value is -3.15. The summed E-state index contributed by atoms with van der Waals surface area (Å²) in [5.74, 6) is 1.07. The third-order valence-corrected chi connectivity index (χ3v) is 4.67. The lowest BCUT2D eigenvalue weighted by Crippen LogP contribution is -2.34. The van der Waals surface area contributed by atoms with Gasteiger partial charge in [0.25, 0.3) is 0 Å². The molecule has 0 radical (unpaired) electrons. The molecule has 0 atom stereocenters. The van der Waals surface area contributed by atoms with Gasteiger partial charge in [-0.3, -0.25) is 5.41 Å². The van der Waals surface area contributed by atoms with Gasteiger partial charge in [-0.15, -0.1) is 0 Å². The van der Waals surface area contributed by atoms with Crippen LogP contribution < -0.4 is 10.5 Å². The van der Waals surface area contributed by atoms with Gasteiger partial charge in [0.15, 0.2) is 11.6 Å². The van der Waals surface area contributed by atoms with Crippen LogP contribution >= 0.6 is 0 Å². The molecule has 0 saturated carbocycles. The molecule has 6 heteroatoms. The minimum absolute atomic E-state index is 0.128. The van der Waals surface area contributed by atoms with Crippen molar-refractivity contribution in [3.63, 3.8) is 0 Å². The second-order valence-corrected chi connectivity index (χ2v) is 6.71. The average Bonchev–Trinajstić information content (AvgIpc) is 2.76. The zero-order valence-corrected chi connectivity index (χ0v) is 18.7. The number of rotatable bonds is 11. The highest BCUT2D eigenvalue weighted by atomic mass is 16.5. The number of nitrogens with zero attached hydrogens (tertiary/aromatic N) is 1. The van der Waals surface area contributed by atoms with Gasteiger partial charge in [-0.05, 0) is 56.5 Å². The van der Waals surface area contributed by atoms with Crippen LogP contribution in [0.4, 0.5) is 0 Å². The van der Waals surface area contributed by atoms with Crippen LogP contribution in [0.5, 0.6) is 5.75 Å². The van der Waals surface area contributed by atoms with Crippen molar-refractivity contribution in [1.82, 2.24) is 4.90 Å². The molecule has 0 saturated heterocycles. The predicted molar refractivity (Wildman–Crippen MR) is 124 cm³/mol. The average molecular weight is 414 g/mol. The number of allylic oxidation sites excluding steroid dienone is 4. The minimum Gasteiger partial charge on any atom is -0.512 e. The fourth-order valence-corrected chi connectivity index (χ4v) is 2.94. The van der Waals surface area contributed by atoms with Crippen LogP contribution in [0.2, 0.25) is 0 Å². The van der Waals surface area contributed by atoms with Crippen LogP contribution in [0, 0.1) is 5.41 Å². The third-order valence-electron chi connectivity index (χ3n) is 4.67. The smallest absolute Gasteiger partial charge is 0.195 e. The lowest BCUT2D eigenvalue weighted by atomic mass is 10.0. The SMILES string of the molecule is C\C=C/C(=C(\C)N)C(=C\C)/CN(CC)C(=N)C(=CO)OCCc1ccc(OC)cc1. The summed E-state index contributed by atoms with van der Waals surface area (Å²) in [7, 11) is 1.63. The molecule has 0 bridgehead atoms. The molecule has 0 amide bonds. The van der Waals surface area contributed by atoms with E-state index in [9.17, 15) is 5.11 Å². The van der Waals surface area contributed by atoms with Gasteiger partial charge in [-0.2, -0.15) is 0 Å². The third kappa shape index (κ3) is 7.35. The highest BCUT2D eigenvalue weighted by Gasteiger charge is 2.17. The quantitative estimate of drug-likeness (QED) is 0.211. The summed E-state index contributed by atoms with van der Waals surface area (Å²) in [6.07, 6.45) is 7.41. The van der Waals surface area contributed by atoms with Gasteiger partial charge in [0.1, 0.15) is 12.0 Å². The molecular weight excluding hydrogens is 378 g/mol. The standard InChI is InChI=1S/C24H35N3O3/c1-6-9-22(18(4)25)20(7-2)16-27(8-3)24(26)23(17-28)30-15-14-19-10-12-21(29-5)13-11-19/h6-7,9-13,17,26,28H,8,14-16,25H2,1-5H3/b9-6-,20-7-,22-18-,23-17?,26-24?. The number of likely N-dealkylation sites (N-methyl/N-ethyl adjacent to an activating group) is 1. The molecule has 0 aliphatic carbocycles. The first-order valence-electron chi connectivity index (χ1n) is 10.1. The summed E-state index contributed by atoms with van der Waals surface area (Å²) in [5, 5.41) is 18.2. The Morgan fingerprint density at radius 3 is 2.37 bits per heavy atom. The second kappa shape index (κ2) is 13.1. The van der Waals surface area contributed by atoms with Crippen LogP contribution in [-0.4, -0.2) is 42.6 Å². The lowest BCUT2D eigenvalue weighted by molar-refractivity contribution is 0.215. The molecule has 1 aromatic carbocycles. The van der Waals surface area contributed by atoms with Crippen molar-refractivity contribution in [2.45, 2.75) is 34.1 Å². The maximum atomic E-state index is 9.65. The Balaban J connectivity index is 2.80. The van der Waals surface area contributed by atoms with E-state index in [0.717, 1.165) is 34.4 Å². The molecule has 1 rings (SSSR count). The number of hydrogen-bond acceptors (Lipinski definition) is 5. The largest absolute Gasteiger partial charge is 0.512 e. The van der Waals surface area contributed by atoms with Crippen molar-refractivity contribution in [3.8, 4) is 5.75 Å². The predicted octanol–water partition coefficient (Wildman–Crippen LogP) is 4.71. The molecule has 0 aliphatic heterocycles. The molecule has 30 heavy (non-hydrogen) atoms. The van der Waals surface area contributed by atoms with Gasteiger partial charge in [0.2, 0.25) is 0 Å². The summed E-state index contributed by atoms with van der Waals surface area (Å²) in [4.78, 5) is 1.83. The number of hydrogen-bond donors (Lipinski definition) is 3. The highest BCUT2D eigenvalue weighted by Crippen LogP contribution is 2.18. The van der Waals surface area contributed by atoms with E-state index in [4.69, 9.17) is 20.6 Å². The molecule has 0 spiro atoms. The number of amidine groups is 1. The summed E-state index contributed by atoms with van der Waals surface area (Å²) < 4.78 is 10.9. The van der Waals surface area contributed by atoms with E-state index in [1.807, 2.05) is 75.1 Å². The lowest BCUT2D eigenvalue weighted by Gasteiger charge is -2.26. The van der Waals surface area contributed by atoms with Crippen molar-refractivity contribution in [1.29, 1.82) is 5.41 Å². The summed E-state index contributed by atoms with van der Waals surface area (Å²) in [6.45, 7) is 9.14. The topological polar surface area (TPSA) is 91.8 Å². The van der Waals surface area contributed by atoms with E-state index < -0.39 is 0 Å². The van der Waals surface area contributed by atoms with Gasteiger partial charge in [0.05, 0.1) is 13.7 Å². The monoisotopic (exact) mass is 413 g/mol. The zero-order valence-electron chi connectivity index (χ0n) is 18.7. The first kappa shape index (κ1) is 24.9. The van der Waals surface area contributed by atoms with Crippen molar-refractivity contribution in [2.75, 3.05) is 26.8 Å². The zero-order chi connectivity index (χ0) is 22.5. The number of aliphatic hydroxyl groups is 1. The van der Waals surface area contributed by atoms with Crippen LogP contribution in [-0.2, 0) is 11.2 Å². The Kier molecular flexibility index (Phi) is 10.9. The van der Waals surface area contributed by atoms with Crippen molar-refractivity contribution in [3.05, 3.63) is 76.9 Å². The molecule has 0 unspecified atom stereocenters. The highest BCUT2D eigenvalue weighted by molar-refractivity contribution is 5.93. The van der Waals surface area contributed by atoms with E-state index in [-0.39, 0.29) is 11.6 Å². The molecule has 0 fully saturated rings. The number of aliphatic hydroxyl groups excluding tert-OH is 1. The van der Waals surface area contributed by atoms with E-state index in [1.165, 1.54) is 0 Å². The molecule has 6 nitrogen and oxygen atoms in total. The second-order valence-electron chi connectivity index (χ2n) is 6.71. The van der Waals surface area contributed by atoms with E-state index in [2.05, 4.69) is 0 Å². The molecule has 164 valence electrons. The Bertz CT molecular complexity index is 801. The van der Waals surface area contributed by atoms with E-state index in [0.29, 0.717) is 26.1 Å². The normalized spacial score (nSPS) is 13.2. The number of nitrogens with one attached hydrogen (secondary N) is 1. The summed E-state index contributed by atoms with van der Waals surface area (Å²) in [5.41, 5.74) is 9.81. The summed E-state index contributed by atoms with van der Waals surface area (Å²) in [6, 6.07) is 7.73. The maximum Gasteiger partial charge on any atom is 0.195 e.